The lowest BCUT2D eigenvalue weighted by atomic mass is 9.70. The van der Waals surface area contributed by atoms with Gasteiger partial charge in [0.15, 0.2) is 0 Å². The zero-order valence-corrected chi connectivity index (χ0v) is 82.5. The van der Waals surface area contributed by atoms with E-state index in [1.54, 1.807) is 0 Å². The van der Waals surface area contributed by atoms with Crippen LogP contribution in [0, 0.1) is 0 Å². The van der Waals surface area contributed by atoms with E-state index in [1.807, 2.05) is 0 Å². The molecule has 6 aliphatic rings. The summed E-state index contributed by atoms with van der Waals surface area (Å²) in [6.07, 6.45) is 0. The highest BCUT2D eigenvalue weighted by Crippen LogP contribution is 2.69. The number of nitrogens with zero attached hydrogens (tertiary/aromatic N) is 3. The van der Waals surface area contributed by atoms with Gasteiger partial charge in [-0.15, -0.1) is 0 Å². The Bertz CT molecular complexity index is 9140. The van der Waals surface area contributed by atoms with Crippen LogP contribution in [-0.4, -0.2) is 0 Å². The quantitative estimate of drug-likeness (QED) is 0.101. The van der Waals surface area contributed by atoms with Gasteiger partial charge >= 0.3 is 0 Å². The molecule has 0 saturated heterocycles. The van der Waals surface area contributed by atoms with Crippen LogP contribution in [0.25, 0.3) is 134 Å². The van der Waals surface area contributed by atoms with Crippen LogP contribution in [0.1, 0.15) is 66.8 Å². The molecule has 150 heavy (non-hydrogen) atoms. The predicted octanol–water partition coefficient (Wildman–Crippen LogP) is 38.5. The number of anilines is 9. The minimum absolute atomic E-state index is 0.359. The molecule has 0 amide bonds. The van der Waals surface area contributed by atoms with Crippen molar-refractivity contribution >= 4 is 51.2 Å². The van der Waals surface area contributed by atoms with E-state index in [0.29, 0.717) is 0 Å². The van der Waals surface area contributed by atoms with Crippen LogP contribution in [0.2, 0.25) is 0 Å². The van der Waals surface area contributed by atoms with Crippen LogP contribution in [0.5, 0.6) is 0 Å². The van der Waals surface area contributed by atoms with E-state index in [-0.39, 0.29) is 5.41 Å². The zero-order valence-electron chi connectivity index (χ0n) is 82.5. The summed E-state index contributed by atoms with van der Waals surface area (Å²) in [4.78, 5) is 7.42. The van der Waals surface area contributed by atoms with Gasteiger partial charge in [0, 0.05) is 50.6 Å². The van der Waals surface area contributed by atoms with E-state index in [1.165, 1.54) is 212 Å². The number of para-hydroxylation sites is 3. The summed E-state index contributed by atoms with van der Waals surface area (Å²) in [5, 5.41) is 0. The fraction of sp³-hybridized carbons (Fsp3) is 0.0204. The minimum Gasteiger partial charge on any atom is -0.310 e. The van der Waals surface area contributed by atoms with Gasteiger partial charge in [-0.25, -0.2) is 0 Å². The molecule has 0 fully saturated rings. The van der Waals surface area contributed by atoms with Gasteiger partial charge in [-0.3, -0.25) is 0 Å². The molecule has 0 heterocycles. The molecule has 0 bridgehead atoms. The van der Waals surface area contributed by atoms with Crippen LogP contribution in [0.4, 0.5) is 51.2 Å². The Balaban J connectivity index is 0.000000108. The van der Waals surface area contributed by atoms with E-state index in [9.17, 15) is 0 Å². The predicted molar refractivity (Wildman–Crippen MR) is 625 cm³/mol. The molecule has 0 atom stereocenters. The zero-order chi connectivity index (χ0) is 99.2. The third-order valence-corrected chi connectivity index (χ3v) is 32.1. The Morgan fingerprint density at radius 1 is 0.107 bits per heavy atom. The van der Waals surface area contributed by atoms with E-state index >= 15 is 0 Å². The van der Waals surface area contributed by atoms with Crippen molar-refractivity contribution in [1.82, 2.24) is 0 Å². The number of rotatable bonds is 15. The van der Waals surface area contributed by atoms with Gasteiger partial charge < -0.3 is 14.7 Å². The van der Waals surface area contributed by atoms with Crippen LogP contribution in [0.3, 0.4) is 0 Å². The lowest BCUT2D eigenvalue weighted by Gasteiger charge is -2.36. The molecule has 3 heteroatoms. The van der Waals surface area contributed by atoms with Gasteiger partial charge in [-0.2, -0.15) is 0 Å². The minimum atomic E-state index is -0.473. The van der Waals surface area contributed by atoms with Gasteiger partial charge in [-0.05, 0) is 251 Å². The highest BCUT2D eigenvalue weighted by molar-refractivity contribution is 6.06. The van der Waals surface area contributed by atoms with Crippen molar-refractivity contribution in [3.63, 3.8) is 0 Å². The maximum atomic E-state index is 2.51. The lowest BCUT2D eigenvalue weighted by Crippen LogP contribution is -2.28. The summed E-state index contributed by atoms with van der Waals surface area (Å²) < 4.78 is 0. The molecule has 0 aliphatic heterocycles. The maximum Gasteiger partial charge on any atom is 0.0746 e. The number of hydrogen-bond donors (Lipinski definition) is 0. The first-order valence-electron chi connectivity index (χ1n) is 52.1. The SMILES string of the molecule is c1ccc(-c2ccc(N(c3ccc4c(c3)-c3ccccc3C43c4ccccc4-c4ccccc43)c3ccccc3-c3ccccc3)cc2)cc1.c1ccc(-c2ccc(N(c3ccccc3-c3ccccc3)c3cccc4c3-c3ccccc3C43c4ccccc4-c4ccccc43)cc2)cc1.c1ccc(-c2ccc(N(c3ccccc3-c3ccccc3)c3cccc4c3C3(c5ccccc5-c5ccccc53)c3ccccc3-4)cc2)cc1. The molecule has 0 saturated carbocycles. The first-order valence-corrected chi connectivity index (χ1v) is 52.1. The summed E-state index contributed by atoms with van der Waals surface area (Å²) >= 11 is 0. The maximum absolute atomic E-state index is 2.51. The van der Waals surface area contributed by atoms with Crippen LogP contribution < -0.4 is 14.7 Å². The number of hydrogen-bond acceptors (Lipinski definition) is 3. The standard InChI is InChI=1S/3C49H33N/c1-3-16-34(17-4-1)35-30-32-37(33-31-35)50(46-28-14-10-20-38(46)36-18-5-2-6-19-36)47-29-15-24-42-41-23-9-13-27-45(41)49(48(42)47)43-25-11-7-21-39(43)40-22-8-12-26-44(40)49;1-3-16-34(17-4-1)35-30-32-37(33-31-35)50(46-28-14-10-20-38(46)36-18-5-2-6-19-36)47-29-15-27-45-48(47)41-23-9-13-26-44(41)49(45)42-24-11-7-21-39(42)40-22-8-12-25-43(40)49;1-3-15-34(16-4-1)35-27-29-37(30-28-35)50(48-26-14-10-19-39(48)36-17-5-2-6-18-36)38-31-32-47-43(33-38)42-22-9-13-25-46(42)49(47)44-23-11-7-20-40(44)41-21-8-12-24-45(41)49/h3*1-33H. The molecule has 6 aliphatic carbocycles. The molecular weight excluding hydrogens is 1810 g/mol. The van der Waals surface area contributed by atoms with Gasteiger partial charge in [0.05, 0.1) is 44.7 Å². The lowest BCUT2D eigenvalue weighted by molar-refractivity contribution is 0.793. The first kappa shape index (κ1) is 88.4. The smallest absolute Gasteiger partial charge is 0.0746 e. The van der Waals surface area contributed by atoms with Gasteiger partial charge in [0.1, 0.15) is 0 Å². The fourth-order valence-electron chi connectivity index (χ4n) is 26.0. The molecule has 702 valence electrons. The second-order valence-electron chi connectivity index (χ2n) is 39.7. The molecule has 3 nitrogen and oxygen atoms in total. The Morgan fingerprint density at radius 3 is 0.667 bits per heavy atom. The highest BCUT2D eigenvalue weighted by Gasteiger charge is 2.56. The summed E-state index contributed by atoms with van der Waals surface area (Å²) in [5.74, 6) is 0. The molecule has 0 radical (unpaired) electrons. The Labute approximate surface area is 876 Å². The second-order valence-corrected chi connectivity index (χ2v) is 39.7. The highest BCUT2D eigenvalue weighted by atomic mass is 15.2. The number of benzene rings is 24. The summed E-state index contributed by atoms with van der Waals surface area (Å²) in [5.41, 5.74) is 55.2. The van der Waals surface area contributed by atoms with E-state index in [2.05, 4.69) is 615 Å². The van der Waals surface area contributed by atoms with Gasteiger partial charge in [0.25, 0.3) is 0 Å². The second kappa shape index (κ2) is 36.8. The van der Waals surface area contributed by atoms with Crippen molar-refractivity contribution in [2.24, 2.45) is 0 Å². The molecule has 0 N–H and O–H groups in total. The van der Waals surface area contributed by atoms with E-state index in [0.717, 1.165) is 39.8 Å². The average molecular weight is 1910 g/mol. The third kappa shape index (κ3) is 14.0. The molecule has 30 rings (SSSR count). The Kier molecular flexibility index (Phi) is 21.7. The van der Waals surface area contributed by atoms with Crippen molar-refractivity contribution in [2.75, 3.05) is 14.7 Å². The van der Waals surface area contributed by atoms with Crippen LogP contribution in [-0.2, 0) is 16.2 Å². The normalized spacial score (nSPS) is 13.0. The van der Waals surface area contributed by atoms with Crippen molar-refractivity contribution in [3.8, 4) is 134 Å². The Hall–Kier alpha value is -19.3. The largest absolute Gasteiger partial charge is 0.310 e. The molecule has 3 spiro atoms. The third-order valence-electron chi connectivity index (χ3n) is 32.1. The van der Waals surface area contributed by atoms with E-state index in [4.69, 9.17) is 0 Å². The molecule has 24 aromatic carbocycles. The number of fused-ring (bicyclic) bond motifs is 30. The van der Waals surface area contributed by atoms with Crippen molar-refractivity contribution in [3.05, 3.63) is 667 Å². The molecule has 0 aromatic heterocycles. The topological polar surface area (TPSA) is 9.72 Å². The average Bonchev–Trinajstić information content (AvgIpc) is 1.52. The fourth-order valence-corrected chi connectivity index (χ4v) is 26.0. The summed E-state index contributed by atoms with van der Waals surface area (Å²) in [6.45, 7) is 0. The van der Waals surface area contributed by atoms with Gasteiger partial charge in [-0.1, -0.05) is 522 Å². The Morgan fingerprint density at radius 2 is 0.313 bits per heavy atom. The van der Waals surface area contributed by atoms with Crippen LogP contribution >= 0.6 is 0 Å². The van der Waals surface area contributed by atoms with Gasteiger partial charge in [0.2, 0.25) is 0 Å². The summed E-state index contributed by atoms with van der Waals surface area (Å²) in [6, 6.07) is 220. The van der Waals surface area contributed by atoms with Crippen molar-refractivity contribution in [1.29, 1.82) is 0 Å². The summed E-state index contributed by atoms with van der Waals surface area (Å²) in [7, 11) is 0. The van der Waals surface area contributed by atoms with Crippen molar-refractivity contribution in [2.45, 2.75) is 16.2 Å². The van der Waals surface area contributed by atoms with Crippen molar-refractivity contribution < 1.29 is 0 Å². The van der Waals surface area contributed by atoms with Crippen LogP contribution in [0.15, 0.2) is 601 Å². The molecule has 0 unspecified atom stereocenters. The molecule has 24 aromatic rings. The molecular formula is C147H99N3. The first-order chi connectivity index (χ1) is 74.5. The van der Waals surface area contributed by atoms with E-state index < -0.39 is 10.8 Å². The monoisotopic (exact) mass is 1910 g/mol.